The van der Waals surface area contributed by atoms with E-state index in [1.54, 1.807) is 19.3 Å². The second kappa shape index (κ2) is 6.83. The fourth-order valence-corrected chi connectivity index (χ4v) is 3.60. The van der Waals surface area contributed by atoms with E-state index in [0.29, 0.717) is 15.6 Å². The molecule has 0 atom stereocenters. The molecule has 0 aliphatic rings. The molecule has 23 heavy (non-hydrogen) atoms. The van der Waals surface area contributed by atoms with Gasteiger partial charge < -0.3 is 4.74 Å². The maximum atomic E-state index is 12.1. The molecule has 3 nitrogen and oxygen atoms in total. The first-order chi connectivity index (χ1) is 11.1. The summed E-state index contributed by atoms with van der Waals surface area (Å²) in [6.45, 7) is 0. The van der Waals surface area contributed by atoms with Crippen LogP contribution in [0.15, 0.2) is 46.3 Å². The summed E-state index contributed by atoms with van der Waals surface area (Å²) in [6, 6.07) is 11.1. The van der Waals surface area contributed by atoms with Crippen molar-refractivity contribution >= 4 is 61.6 Å². The van der Waals surface area contributed by atoms with E-state index < -0.39 is 0 Å². The third-order valence-electron chi connectivity index (χ3n) is 3.23. The number of methoxy groups -OCH3 is 1. The van der Waals surface area contributed by atoms with Gasteiger partial charge in [-0.2, -0.15) is 0 Å². The van der Waals surface area contributed by atoms with Crippen LogP contribution in [0.3, 0.4) is 0 Å². The molecule has 0 aliphatic carbocycles. The number of allylic oxidation sites excluding steroid dienone is 1. The summed E-state index contributed by atoms with van der Waals surface area (Å²) >= 11 is 10.9. The molecule has 116 valence electrons. The fraction of sp³-hybridized carbons (Fsp3) is 0.0588. The Morgan fingerprint density at radius 2 is 2.13 bits per heavy atom. The van der Waals surface area contributed by atoms with E-state index in [4.69, 9.17) is 16.3 Å². The first kappa shape index (κ1) is 16.2. The van der Waals surface area contributed by atoms with Crippen LogP contribution in [-0.2, 0) is 0 Å². The predicted molar refractivity (Wildman–Crippen MR) is 98.7 cm³/mol. The molecule has 0 spiro atoms. The first-order valence-corrected chi connectivity index (χ1v) is 8.67. The van der Waals surface area contributed by atoms with Crippen molar-refractivity contribution in [2.45, 2.75) is 0 Å². The largest absolute Gasteiger partial charge is 0.497 e. The molecular weight excluding hydrogens is 398 g/mol. The molecule has 0 N–H and O–H groups in total. The van der Waals surface area contributed by atoms with Crippen molar-refractivity contribution in [3.05, 3.63) is 61.9 Å². The number of carbonyl (C=O) groups excluding carboxylic acids is 1. The fourth-order valence-electron chi connectivity index (χ4n) is 2.09. The second-order valence-corrected chi connectivity index (χ2v) is 7.55. The molecule has 3 rings (SSSR count). The molecular formula is C17H11BrClNO2S. The Bertz CT molecular complexity index is 920. The second-order valence-electron chi connectivity index (χ2n) is 4.73. The highest BCUT2D eigenvalue weighted by atomic mass is 79.9. The van der Waals surface area contributed by atoms with Gasteiger partial charge in [0, 0.05) is 10.9 Å². The van der Waals surface area contributed by atoms with Crippen LogP contribution in [0.4, 0.5) is 0 Å². The van der Waals surface area contributed by atoms with Gasteiger partial charge in [-0.05, 0) is 64.5 Å². The van der Waals surface area contributed by atoms with Gasteiger partial charge in [-0.25, -0.2) is 4.98 Å². The third kappa shape index (κ3) is 3.63. The summed E-state index contributed by atoms with van der Waals surface area (Å²) < 4.78 is 6.14. The summed E-state index contributed by atoms with van der Waals surface area (Å²) in [6.07, 6.45) is 3.19. The van der Waals surface area contributed by atoms with Gasteiger partial charge in [0.05, 0.1) is 21.3 Å². The number of benzene rings is 1. The number of ketones is 1. The molecule has 6 heteroatoms. The number of rotatable bonds is 4. The summed E-state index contributed by atoms with van der Waals surface area (Å²) in [5.41, 5.74) is 1.47. The zero-order valence-electron chi connectivity index (χ0n) is 12.0. The zero-order valence-corrected chi connectivity index (χ0v) is 15.2. The van der Waals surface area contributed by atoms with Gasteiger partial charge in [-0.3, -0.25) is 4.79 Å². The molecule has 0 radical (unpaired) electrons. The van der Waals surface area contributed by atoms with Crippen molar-refractivity contribution < 1.29 is 9.53 Å². The lowest BCUT2D eigenvalue weighted by atomic mass is 10.1. The normalized spacial score (nSPS) is 11.3. The third-order valence-corrected chi connectivity index (χ3v) is 5.17. The number of pyridine rings is 1. The molecule has 3 aromatic rings. The average molecular weight is 409 g/mol. The maximum Gasteiger partial charge on any atom is 0.195 e. The van der Waals surface area contributed by atoms with Gasteiger partial charge in [0.1, 0.15) is 10.9 Å². The van der Waals surface area contributed by atoms with E-state index in [9.17, 15) is 4.79 Å². The smallest absolute Gasteiger partial charge is 0.195 e. The standard InChI is InChI=1S/C17H11BrClNO2S/c1-22-12-3-4-13-11(9-12)8-10(17(19)20-13)2-5-14(21)15-6-7-16(18)23-15/h2-9H,1H3/b5-2+. The number of halogens is 2. The summed E-state index contributed by atoms with van der Waals surface area (Å²) in [5.74, 6) is 0.679. The summed E-state index contributed by atoms with van der Waals surface area (Å²) in [5, 5.41) is 1.26. The Hall–Kier alpha value is -1.69. The van der Waals surface area contributed by atoms with Crippen molar-refractivity contribution in [1.82, 2.24) is 4.98 Å². The van der Waals surface area contributed by atoms with Crippen molar-refractivity contribution in [3.63, 3.8) is 0 Å². The molecule has 0 amide bonds. The van der Waals surface area contributed by atoms with Crippen molar-refractivity contribution in [2.24, 2.45) is 0 Å². The Labute approximate surface area is 150 Å². The highest BCUT2D eigenvalue weighted by Crippen LogP contribution is 2.26. The summed E-state index contributed by atoms with van der Waals surface area (Å²) in [4.78, 5) is 17.1. The van der Waals surface area contributed by atoms with Gasteiger partial charge in [-0.15, -0.1) is 11.3 Å². The van der Waals surface area contributed by atoms with Gasteiger partial charge in [-0.1, -0.05) is 11.6 Å². The number of thiophene rings is 1. The lowest BCUT2D eigenvalue weighted by Gasteiger charge is -2.04. The molecule has 2 heterocycles. The SMILES string of the molecule is COc1ccc2nc(Cl)c(/C=C/C(=O)c3ccc(Br)s3)cc2c1. The van der Waals surface area contributed by atoms with E-state index in [-0.39, 0.29) is 5.78 Å². The van der Waals surface area contributed by atoms with Crippen molar-refractivity contribution in [3.8, 4) is 5.75 Å². The van der Waals surface area contributed by atoms with Crippen LogP contribution in [-0.4, -0.2) is 17.9 Å². The molecule has 0 aliphatic heterocycles. The monoisotopic (exact) mass is 407 g/mol. The number of hydrogen-bond donors (Lipinski definition) is 0. The number of carbonyl (C=O) groups is 1. The van der Waals surface area contributed by atoms with E-state index in [1.807, 2.05) is 30.3 Å². The lowest BCUT2D eigenvalue weighted by Crippen LogP contribution is -1.90. The topological polar surface area (TPSA) is 39.2 Å². The molecule has 0 bridgehead atoms. The number of ether oxygens (including phenoxy) is 1. The van der Waals surface area contributed by atoms with Crippen LogP contribution < -0.4 is 4.74 Å². The van der Waals surface area contributed by atoms with E-state index in [1.165, 1.54) is 17.4 Å². The Kier molecular flexibility index (Phi) is 4.80. The predicted octanol–water partition coefficient (Wildman–Crippen LogP) is 5.62. The molecule has 0 unspecified atom stereocenters. The van der Waals surface area contributed by atoms with Crippen LogP contribution in [0, 0.1) is 0 Å². The van der Waals surface area contributed by atoms with Crippen molar-refractivity contribution in [1.29, 1.82) is 0 Å². The Morgan fingerprint density at radius 3 is 2.83 bits per heavy atom. The average Bonchev–Trinajstić information content (AvgIpc) is 2.98. The Morgan fingerprint density at radius 1 is 1.30 bits per heavy atom. The highest BCUT2D eigenvalue weighted by molar-refractivity contribution is 9.11. The number of fused-ring (bicyclic) bond motifs is 1. The minimum absolute atomic E-state index is 0.0671. The highest BCUT2D eigenvalue weighted by Gasteiger charge is 2.07. The minimum atomic E-state index is -0.0671. The quantitative estimate of drug-likeness (QED) is 0.320. The first-order valence-electron chi connectivity index (χ1n) is 6.69. The Balaban J connectivity index is 1.94. The summed E-state index contributed by atoms with van der Waals surface area (Å²) in [7, 11) is 1.61. The lowest BCUT2D eigenvalue weighted by molar-refractivity contribution is 0.105. The van der Waals surface area contributed by atoms with E-state index in [0.717, 1.165) is 20.4 Å². The molecule has 0 saturated heterocycles. The minimum Gasteiger partial charge on any atom is -0.497 e. The van der Waals surface area contributed by atoms with Gasteiger partial charge in [0.25, 0.3) is 0 Å². The van der Waals surface area contributed by atoms with Gasteiger partial charge in [0.2, 0.25) is 0 Å². The van der Waals surface area contributed by atoms with Crippen LogP contribution in [0.2, 0.25) is 5.15 Å². The van der Waals surface area contributed by atoms with Crippen LogP contribution in [0.5, 0.6) is 5.75 Å². The number of nitrogens with zero attached hydrogens (tertiary/aromatic N) is 1. The van der Waals surface area contributed by atoms with E-state index in [2.05, 4.69) is 20.9 Å². The van der Waals surface area contributed by atoms with Gasteiger partial charge in [0.15, 0.2) is 5.78 Å². The number of hydrogen-bond acceptors (Lipinski definition) is 4. The number of aromatic nitrogens is 1. The zero-order chi connectivity index (χ0) is 16.4. The van der Waals surface area contributed by atoms with Crippen molar-refractivity contribution in [2.75, 3.05) is 7.11 Å². The molecule has 2 aromatic heterocycles. The van der Waals surface area contributed by atoms with E-state index >= 15 is 0 Å². The maximum absolute atomic E-state index is 12.1. The molecule has 1 aromatic carbocycles. The van der Waals surface area contributed by atoms with Gasteiger partial charge >= 0.3 is 0 Å². The van der Waals surface area contributed by atoms with Crippen LogP contribution in [0.1, 0.15) is 15.2 Å². The van der Waals surface area contributed by atoms with Crippen LogP contribution >= 0.6 is 38.9 Å². The van der Waals surface area contributed by atoms with Crippen LogP contribution in [0.25, 0.3) is 17.0 Å². The molecule has 0 fully saturated rings. The molecule has 0 saturated carbocycles.